The number of thiazole rings is 1. The number of likely N-dealkylation sites (N-methyl/N-ethyl adjacent to an activating group) is 1. The Kier molecular flexibility index (Phi) is 11.3. The van der Waals surface area contributed by atoms with Crippen LogP contribution in [0.3, 0.4) is 0 Å². The number of esters is 1. The largest absolute Gasteiger partial charge is 0.460 e. The third-order valence-corrected chi connectivity index (χ3v) is 8.87. The number of rotatable bonds is 13. The number of carbonyl (C=O) groups excluding carboxylic acids is 2. The topological polar surface area (TPSA) is 164 Å². The second-order valence-corrected chi connectivity index (χ2v) is 12.3. The molecule has 12 nitrogen and oxygen atoms in total. The van der Waals surface area contributed by atoms with Gasteiger partial charge in [0.15, 0.2) is 12.4 Å². The molecule has 3 aromatic carbocycles. The van der Waals surface area contributed by atoms with Crippen LogP contribution in [0, 0.1) is 29.9 Å². The van der Waals surface area contributed by atoms with Gasteiger partial charge in [-0.25, -0.2) is 28.2 Å². The van der Waals surface area contributed by atoms with E-state index < -0.39 is 35.2 Å². The van der Waals surface area contributed by atoms with Gasteiger partial charge in [0.05, 0.1) is 41.1 Å². The Labute approximate surface area is 290 Å². The van der Waals surface area contributed by atoms with E-state index >= 15 is 4.39 Å². The minimum Gasteiger partial charge on any atom is -0.460 e. The molecule has 5 aromatic rings. The van der Waals surface area contributed by atoms with Gasteiger partial charge in [-0.15, -0.1) is 11.3 Å². The zero-order chi connectivity index (χ0) is 35.8. The number of anilines is 1. The minimum absolute atomic E-state index is 0.0372. The maximum absolute atomic E-state index is 15.2. The van der Waals surface area contributed by atoms with E-state index in [0.717, 1.165) is 29.3 Å². The summed E-state index contributed by atoms with van der Waals surface area (Å²) in [6.45, 7) is 2.79. The van der Waals surface area contributed by atoms with Crippen molar-refractivity contribution in [3.63, 3.8) is 0 Å². The highest BCUT2D eigenvalue weighted by Crippen LogP contribution is 2.41. The van der Waals surface area contributed by atoms with Gasteiger partial charge >= 0.3 is 12.1 Å². The number of aliphatic hydroxyl groups is 1. The lowest BCUT2D eigenvalue weighted by atomic mass is 9.82. The summed E-state index contributed by atoms with van der Waals surface area (Å²) in [5, 5.41) is 33.1. The van der Waals surface area contributed by atoms with Crippen molar-refractivity contribution < 1.29 is 33.0 Å². The van der Waals surface area contributed by atoms with Crippen molar-refractivity contribution in [2.24, 2.45) is 0 Å². The number of halogens is 2. The average Bonchev–Trinajstić information content (AvgIpc) is 3.78. The predicted octanol–water partition coefficient (Wildman–Crippen LogP) is 5.56. The second kappa shape index (κ2) is 15.8. The van der Waals surface area contributed by atoms with E-state index in [1.807, 2.05) is 6.92 Å². The molecule has 0 radical (unpaired) electrons. The Hall–Kier alpha value is -5.56. The van der Waals surface area contributed by atoms with Crippen LogP contribution in [0.2, 0.25) is 0 Å². The van der Waals surface area contributed by atoms with Gasteiger partial charge in [0.25, 0.3) is 0 Å². The van der Waals surface area contributed by atoms with Crippen molar-refractivity contribution in [3.8, 4) is 17.3 Å². The van der Waals surface area contributed by atoms with Crippen LogP contribution in [0.25, 0.3) is 11.3 Å². The monoisotopic (exact) mass is 701 g/mol. The fourth-order valence-electron chi connectivity index (χ4n) is 5.14. The Bertz CT molecular complexity index is 2030. The van der Waals surface area contributed by atoms with E-state index in [4.69, 9.17) is 14.7 Å². The number of ether oxygens (including phenoxy) is 2. The SMILES string of the molecule is CNCC(=O)OCc1cc(C)ccc1NC(=O)OCc1ncn(CC(O)(c2cc(F)ccc2F)C(C)c2nc(-c3ccc(C#N)cc3)cs2)n1. The summed E-state index contributed by atoms with van der Waals surface area (Å²) in [6.07, 6.45) is 0.467. The molecule has 0 aliphatic heterocycles. The van der Waals surface area contributed by atoms with Crippen molar-refractivity contribution in [2.75, 3.05) is 18.9 Å². The zero-order valence-electron chi connectivity index (χ0n) is 27.3. The summed E-state index contributed by atoms with van der Waals surface area (Å²) in [6, 6.07) is 17.0. The maximum Gasteiger partial charge on any atom is 0.412 e. The molecule has 2 atom stereocenters. The number of nitrogens with one attached hydrogen (secondary N) is 2. The Morgan fingerprint density at radius 1 is 1.10 bits per heavy atom. The molecule has 258 valence electrons. The highest BCUT2D eigenvalue weighted by atomic mass is 32.1. The lowest BCUT2D eigenvalue weighted by molar-refractivity contribution is -0.143. The first-order chi connectivity index (χ1) is 24.0. The predicted molar refractivity (Wildman–Crippen MR) is 180 cm³/mol. The quantitative estimate of drug-likeness (QED) is 0.132. The standard InChI is InChI=1S/C35H33F2N7O5S/c1-21-4-11-29(25(12-21)16-48-32(45)15-39-3)42-34(46)49-17-31-40-20-44(43-31)19-35(47,27-13-26(36)9-10-28(27)37)22(2)33-41-30(18-50-33)24-7-5-23(14-38)6-8-24/h4-13,18,20,22,39,47H,15-17,19H2,1-3H3,(H,42,46). The highest BCUT2D eigenvalue weighted by molar-refractivity contribution is 7.10. The molecule has 2 aromatic heterocycles. The average molecular weight is 702 g/mol. The van der Waals surface area contributed by atoms with Crippen LogP contribution in [-0.2, 0) is 39.6 Å². The first kappa shape index (κ1) is 35.7. The first-order valence-corrected chi connectivity index (χ1v) is 16.2. The smallest absolute Gasteiger partial charge is 0.412 e. The lowest BCUT2D eigenvalue weighted by Crippen LogP contribution is -2.38. The number of aryl methyl sites for hydroxylation is 1. The highest BCUT2D eigenvalue weighted by Gasteiger charge is 2.41. The molecule has 50 heavy (non-hydrogen) atoms. The van der Waals surface area contributed by atoms with Crippen LogP contribution in [0.5, 0.6) is 0 Å². The van der Waals surface area contributed by atoms with Gasteiger partial charge in [0, 0.05) is 28.0 Å². The number of nitrogens with zero attached hydrogens (tertiary/aromatic N) is 5. The third-order valence-electron chi connectivity index (χ3n) is 7.84. The summed E-state index contributed by atoms with van der Waals surface area (Å²) in [5.41, 5.74) is 1.34. The van der Waals surface area contributed by atoms with Crippen molar-refractivity contribution in [1.82, 2.24) is 25.1 Å². The minimum atomic E-state index is -2.05. The first-order valence-electron chi connectivity index (χ1n) is 15.3. The molecule has 1 amide bonds. The number of amides is 1. The summed E-state index contributed by atoms with van der Waals surface area (Å²) < 4.78 is 41.5. The van der Waals surface area contributed by atoms with Gasteiger partial charge < -0.3 is 19.9 Å². The van der Waals surface area contributed by atoms with E-state index in [2.05, 4.69) is 31.8 Å². The van der Waals surface area contributed by atoms with Crippen molar-refractivity contribution in [3.05, 3.63) is 117 Å². The van der Waals surface area contributed by atoms with Gasteiger partial charge in [-0.1, -0.05) is 36.8 Å². The summed E-state index contributed by atoms with van der Waals surface area (Å²) in [7, 11) is 1.62. The normalized spacial score (nSPS) is 12.8. The Balaban J connectivity index is 1.31. The summed E-state index contributed by atoms with van der Waals surface area (Å²) >= 11 is 1.24. The molecule has 0 spiro atoms. The molecular formula is C35H33F2N7O5S. The maximum atomic E-state index is 15.2. The fourth-order valence-corrected chi connectivity index (χ4v) is 6.11. The number of benzene rings is 3. The molecule has 3 N–H and O–H groups in total. The molecule has 0 saturated heterocycles. The van der Waals surface area contributed by atoms with Gasteiger partial charge in [-0.3, -0.25) is 10.1 Å². The molecule has 5 rings (SSSR count). The molecule has 0 aliphatic carbocycles. The molecule has 0 saturated carbocycles. The van der Waals surface area contributed by atoms with Gasteiger partial charge in [0.1, 0.15) is 30.2 Å². The second-order valence-electron chi connectivity index (χ2n) is 11.4. The Morgan fingerprint density at radius 3 is 2.62 bits per heavy atom. The van der Waals surface area contributed by atoms with Crippen LogP contribution in [0.15, 0.2) is 72.4 Å². The molecule has 15 heteroatoms. The van der Waals surface area contributed by atoms with E-state index in [1.54, 1.807) is 61.8 Å². The lowest BCUT2D eigenvalue weighted by Gasteiger charge is -2.33. The van der Waals surface area contributed by atoms with Crippen molar-refractivity contribution in [2.45, 2.75) is 45.1 Å². The zero-order valence-corrected chi connectivity index (χ0v) is 28.1. The van der Waals surface area contributed by atoms with Crippen molar-refractivity contribution >= 4 is 29.1 Å². The van der Waals surface area contributed by atoms with E-state index in [1.165, 1.54) is 22.3 Å². The molecule has 0 fully saturated rings. The van der Waals surface area contributed by atoms with E-state index in [-0.39, 0.29) is 37.7 Å². The molecule has 2 heterocycles. The van der Waals surface area contributed by atoms with Crippen LogP contribution in [0.1, 0.15) is 45.9 Å². The van der Waals surface area contributed by atoms with E-state index in [9.17, 15) is 19.1 Å². The molecule has 2 unspecified atom stereocenters. The van der Waals surface area contributed by atoms with E-state index in [0.29, 0.717) is 27.5 Å². The molecular weight excluding hydrogens is 668 g/mol. The van der Waals surface area contributed by atoms with Gasteiger partial charge in [0.2, 0.25) is 0 Å². The van der Waals surface area contributed by atoms with Crippen LogP contribution in [-0.4, -0.2) is 50.5 Å². The number of hydrogen-bond acceptors (Lipinski definition) is 11. The number of nitriles is 1. The van der Waals surface area contributed by atoms with Crippen molar-refractivity contribution in [1.29, 1.82) is 5.26 Å². The number of aromatic nitrogens is 4. The van der Waals surface area contributed by atoms with Gasteiger partial charge in [-0.05, 0) is 50.4 Å². The summed E-state index contributed by atoms with van der Waals surface area (Å²) in [4.78, 5) is 33.3. The fraction of sp³-hybridized carbons (Fsp3) is 0.257. The third kappa shape index (κ3) is 8.53. The van der Waals surface area contributed by atoms with Crippen LogP contribution in [0.4, 0.5) is 19.3 Å². The summed E-state index contributed by atoms with van der Waals surface area (Å²) in [5.74, 6) is -2.79. The van der Waals surface area contributed by atoms with Gasteiger partial charge in [-0.2, -0.15) is 10.4 Å². The number of carbonyl (C=O) groups is 2. The number of hydrogen-bond donors (Lipinski definition) is 3. The Morgan fingerprint density at radius 2 is 1.88 bits per heavy atom. The molecule has 0 aliphatic rings. The van der Waals surface area contributed by atoms with Crippen LogP contribution >= 0.6 is 11.3 Å². The molecule has 0 bridgehead atoms. The van der Waals surface area contributed by atoms with Crippen LogP contribution < -0.4 is 10.6 Å².